The molecule has 2 fully saturated rings. The first-order chi connectivity index (χ1) is 12.4. The van der Waals surface area contributed by atoms with Gasteiger partial charge in [-0.1, -0.05) is 20.8 Å². The summed E-state index contributed by atoms with van der Waals surface area (Å²) in [6.45, 7) is 10.1. The second-order valence-corrected chi connectivity index (χ2v) is 8.47. The van der Waals surface area contributed by atoms with Crippen LogP contribution in [0, 0.1) is 16.7 Å². The zero-order valence-corrected chi connectivity index (χ0v) is 16.1. The van der Waals surface area contributed by atoms with Gasteiger partial charge in [-0.05, 0) is 37.1 Å². The Balaban J connectivity index is 1.47. The minimum atomic E-state index is -0.259. The van der Waals surface area contributed by atoms with Gasteiger partial charge in [0.25, 0.3) is 0 Å². The molecule has 0 amide bonds. The monoisotopic (exact) mass is 355 g/mol. The molecule has 2 aliphatic rings. The molecule has 0 N–H and O–H groups in total. The Bertz CT molecular complexity index is 658. The van der Waals surface area contributed by atoms with E-state index >= 15 is 0 Å². The number of nitriles is 1. The lowest BCUT2D eigenvalue weighted by molar-refractivity contribution is -0.128. The van der Waals surface area contributed by atoms with Crippen LogP contribution in [-0.2, 0) is 4.79 Å². The standard InChI is InChI=1S/C21H29N3O2/c1-21(2,3)20(25)15-23-13-17-6-7-18(14-23)24(17)10-11-26-19-8-4-16(12-22)5-9-19/h4-5,8-9,17-18H,6-7,10-11,13-15H2,1-3H3. The van der Waals surface area contributed by atoms with Crippen LogP contribution >= 0.6 is 0 Å². The van der Waals surface area contributed by atoms with Crippen LogP contribution in [0.3, 0.4) is 0 Å². The van der Waals surface area contributed by atoms with Crippen LogP contribution in [-0.4, -0.2) is 60.5 Å². The van der Waals surface area contributed by atoms with Crippen LogP contribution in [0.1, 0.15) is 39.2 Å². The number of rotatable bonds is 6. The number of carbonyl (C=O) groups is 1. The van der Waals surface area contributed by atoms with Crippen molar-refractivity contribution in [3.05, 3.63) is 29.8 Å². The van der Waals surface area contributed by atoms with E-state index in [1.54, 1.807) is 12.1 Å². The number of fused-ring (bicyclic) bond motifs is 2. The quantitative estimate of drug-likeness (QED) is 0.785. The van der Waals surface area contributed by atoms with Crippen molar-refractivity contribution in [1.29, 1.82) is 5.26 Å². The second kappa shape index (κ2) is 7.77. The number of ether oxygens (including phenoxy) is 1. The number of ketones is 1. The topological polar surface area (TPSA) is 56.6 Å². The third kappa shape index (κ3) is 4.44. The average molecular weight is 355 g/mol. The van der Waals surface area contributed by atoms with E-state index in [1.165, 1.54) is 12.8 Å². The van der Waals surface area contributed by atoms with Gasteiger partial charge in [-0.25, -0.2) is 0 Å². The van der Waals surface area contributed by atoms with Gasteiger partial charge in [-0.15, -0.1) is 0 Å². The highest BCUT2D eigenvalue weighted by Crippen LogP contribution is 2.30. The van der Waals surface area contributed by atoms with E-state index in [4.69, 9.17) is 10.00 Å². The van der Waals surface area contributed by atoms with Crippen molar-refractivity contribution in [1.82, 2.24) is 9.80 Å². The van der Waals surface area contributed by atoms with E-state index in [9.17, 15) is 4.79 Å². The van der Waals surface area contributed by atoms with Gasteiger partial charge < -0.3 is 4.74 Å². The third-order valence-electron chi connectivity index (χ3n) is 5.51. The van der Waals surface area contributed by atoms with E-state index in [-0.39, 0.29) is 5.41 Å². The number of benzene rings is 1. The Morgan fingerprint density at radius 1 is 1.19 bits per heavy atom. The Morgan fingerprint density at radius 3 is 2.35 bits per heavy atom. The number of nitrogens with zero attached hydrogens (tertiary/aromatic N) is 3. The number of hydrogen-bond acceptors (Lipinski definition) is 5. The molecule has 0 aliphatic carbocycles. The van der Waals surface area contributed by atoms with Crippen LogP contribution in [0.15, 0.2) is 24.3 Å². The van der Waals surface area contributed by atoms with Gasteiger partial charge in [0.15, 0.2) is 5.78 Å². The van der Waals surface area contributed by atoms with Gasteiger partial charge in [-0.3, -0.25) is 14.6 Å². The zero-order valence-electron chi connectivity index (χ0n) is 16.1. The fourth-order valence-corrected chi connectivity index (χ4v) is 3.91. The molecule has 2 atom stereocenters. The normalized spacial score (nSPS) is 23.6. The molecule has 2 bridgehead atoms. The molecule has 140 valence electrons. The molecule has 5 nitrogen and oxygen atoms in total. The van der Waals surface area contributed by atoms with E-state index in [0.29, 0.717) is 36.6 Å². The molecule has 26 heavy (non-hydrogen) atoms. The summed E-state index contributed by atoms with van der Waals surface area (Å²) < 4.78 is 5.85. The summed E-state index contributed by atoms with van der Waals surface area (Å²) in [5.74, 6) is 1.14. The summed E-state index contributed by atoms with van der Waals surface area (Å²) in [5, 5.41) is 8.84. The number of Topliss-reactive ketones (excluding diaryl/α,β-unsaturated/α-hetero) is 1. The first-order valence-corrected chi connectivity index (χ1v) is 9.51. The number of piperazine rings is 1. The van der Waals surface area contributed by atoms with E-state index in [2.05, 4.69) is 15.9 Å². The molecular weight excluding hydrogens is 326 g/mol. The van der Waals surface area contributed by atoms with Gasteiger partial charge in [0.2, 0.25) is 0 Å². The molecule has 3 rings (SSSR count). The first-order valence-electron chi connectivity index (χ1n) is 9.51. The van der Waals surface area contributed by atoms with Crippen molar-refractivity contribution in [2.45, 2.75) is 45.7 Å². The molecule has 1 aromatic carbocycles. The minimum Gasteiger partial charge on any atom is -0.492 e. The Labute approximate surface area is 156 Å². The van der Waals surface area contributed by atoms with Crippen LogP contribution < -0.4 is 4.74 Å². The first kappa shape index (κ1) is 18.9. The van der Waals surface area contributed by atoms with Gasteiger partial charge in [0, 0.05) is 37.1 Å². The Morgan fingerprint density at radius 2 is 1.81 bits per heavy atom. The average Bonchev–Trinajstić information content (AvgIpc) is 2.84. The van der Waals surface area contributed by atoms with Crippen LogP contribution in [0.5, 0.6) is 5.75 Å². The van der Waals surface area contributed by atoms with Crippen LogP contribution in [0.4, 0.5) is 0 Å². The number of hydrogen-bond donors (Lipinski definition) is 0. The molecule has 0 radical (unpaired) electrons. The number of likely N-dealkylation sites (tertiary alicyclic amines) is 1. The van der Waals surface area contributed by atoms with Crippen molar-refractivity contribution in [2.75, 3.05) is 32.8 Å². The highest BCUT2D eigenvalue weighted by molar-refractivity contribution is 5.85. The molecule has 2 saturated heterocycles. The largest absolute Gasteiger partial charge is 0.492 e. The van der Waals surface area contributed by atoms with Crippen LogP contribution in [0.2, 0.25) is 0 Å². The Kier molecular flexibility index (Phi) is 5.64. The fraction of sp³-hybridized carbons (Fsp3) is 0.619. The van der Waals surface area contributed by atoms with E-state index < -0.39 is 0 Å². The van der Waals surface area contributed by atoms with Crippen LogP contribution in [0.25, 0.3) is 0 Å². The van der Waals surface area contributed by atoms with Gasteiger partial charge in [0.05, 0.1) is 18.2 Å². The van der Waals surface area contributed by atoms with Crippen molar-refractivity contribution in [2.24, 2.45) is 5.41 Å². The molecule has 0 saturated carbocycles. The molecule has 0 aromatic heterocycles. The summed E-state index contributed by atoms with van der Waals surface area (Å²) in [5.41, 5.74) is 0.391. The molecule has 2 unspecified atom stereocenters. The maximum atomic E-state index is 12.3. The summed E-state index contributed by atoms with van der Waals surface area (Å²) in [7, 11) is 0. The maximum Gasteiger partial charge on any atom is 0.152 e. The van der Waals surface area contributed by atoms with Crippen molar-refractivity contribution < 1.29 is 9.53 Å². The zero-order chi connectivity index (χ0) is 18.7. The SMILES string of the molecule is CC(C)(C)C(=O)CN1CC2CCC(C1)N2CCOc1ccc(C#N)cc1. The summed E-state index contributed by atoms with van der Waals surface area (Å²) >= 11 is 0. The predicted molar refractivity (Wildman–Crippen MR) is 101 cm³/mol. The summed E-state index contributed by atoms with van der Waals surface area (Å²) in [6, 6.07) is 10.4. The molecular formula is C21H29N3O2. The van der Waals surface area contributed by atoms with Crippen molar-refractivity contribution >= 4 is 5.78 Å². The van der Waals surface area contributed by atoms with Crippen molar-refractivity contribution in [3.8, 4) is 11.8 Å². The lowest BCUT2D eigenvalue weighted by atomic mass is 9.90. The van der Waals surface area contributed by atoms with E-state index in [1.807, 2.05) is 32.9 Å². The molecule has 2 heterocycles. The smallest absolute Gasteiger partial charge is 0.152 e. The fourth-order valence-electron chi connectivity index (χ4n) is 3.91. The van der Waals surface area contributed by atoms with E-state index in [0.717, 1.165) is 25.4 Å². The molecule has 5 heteroatoms. The van der Waals surface area contributed by atoms with Gasteiger partial charge in [-0.2, -0.15) is 5.26 Å². The molecule has 2 aliphatic heterocycles. The summed E-state index contributed by atoms with van der Waals surface area (Å²) in [4.78, 5) is 17.2. The van der Waals surface area contributed by atoms with Crippen molar-refractivity contribution in [3.63, 3.8) is 0 Å². The predicted octanol–water partition coefficient (Wildman–Crippen LogP) is 2.70. The third-order valence-corrected chi connectivity index (χ3v) is 5.51. The highest BCUT2D eigenvalue weighted by Gasteiger charge is 2.40. The summed E-state index contributed by atoms with van der Waals surface area (Å²) in [6.07, 6.45) is 2.42. The Hall–Kier alpha value is -1.90. The molecule has 1 aromatic rings. The minimum absolute atomic E-state index is 0.259. The van der Waals surface area contributed by atoms with Gasteiger partial charge >= 0.3 is 0 Å². The lowest BCUT2D eigenvalue weighted by Crippen LogP contribution is -2.56. The second-order valence-electron chi connectivity index (χ2n) is 8.47. The maximum absolute atomic E-state index is 12.3. The highest BCUT2D eigenvalue weighted by atomic mass is 16.5. The lowest BCUT2D eigenvalue weighted by Gasteiger charge is -2.41. The molecule has 0 spiro atoms. The number of carbonyl (C=O) groups excluding carboxylic acids is 1. The van der Waals surface area contributed by atoms with Gasteiger partial charge in [0.1, 0.15) is 12.4 Å².